The fourth-order valence-electron chi connectivity index (χ4n) is 6.51. The number of carbonyl (C=O) groups excluding carboxylic acids is 2. The van der Waals surface area contributed by atoms with Crippen molar-refractivity contribution in [2.45, 2.75) is 114 Å². The first-order chi connectivity index (χ1) is 17.7. The van der Waals surface area contributed by atoms with Crippen molar-refractivity contribution in [3.63, 3.8) is 0 Å². The van der Waals surface area contributed by atoms with Crippen molar-refractivity contribution in [3.8, 4) is 0 Å². The highest BCUT2D eigenvalue weighted by Gasteiger charge is 2.50. The molecule has 3 saturated heterocycles. The molecule has 10 atom stereocenters. The average Bonchev–Trinajstić information content (AvgIpc) is 2.89. The Labute approximate surface area is 219 Å². The zero-order chi connectivity index (χ0) is 27.1. The Morgan fingerprint density at radius 1 is 0.946 bits per heavy atom. The highest BCUT2D eigenvalue weighted by molar-refractivity contribution is 5.72. The van der Waals surface area contributed by atoms with Gasteiger partial charge in [0.15, 0.2) is 6.29 Å². The third-order valence-corrected chi connectivity index (χ3v) is 8.81. The number of aliphatic hydroxyl groups is 5. The largest absolute Gasteiger partial charge is 0.393 e. The van der Waals surface area contributed by atoms with Crippen LogP contribution in [0.1, 0.15) is 70.6 Å². The van der Waals surface area contributed by atoms with Crippen LogP contribution in [-0.4, -0.2) is 105 Å². The van der Waals surface area contributed by atoms with Gasteiger partial charge in [-0.25, -0.2) is 0 Å². The minimum Gasteiger partial charge on any atom is -0.393 e. The van der Waals surface area contributed by atoms with Crippen LogP contribution in [0.2, 0.25) is 0 Å². The summed E-state index contributed by atoms with van der Waals surface area (Å²) in [5.41, 5.74) is 0.592. The molecule has 0 aromatic rings. The summed E-state index contributed by atoms with van der Waals surface area (Å²) in [6.07, 6.45) is 5.18. The van der Waals surface area contributed by atoms with Gasteiger partial charge < -0.3 is 35.1 Å². The predicted molar refractivity (Wildman–Crippen MR) is 136 cm³/mol. The molecule has 0 radical (unpaired) electrons. The molecule has 3 aliphatic rings. The first-order valence-electron chi connectivity index (χ1n) is 13.8. The normalized spacial score (nSPS) is 39.3. The third-order valence-electron chi connectivity index (χ3n) is 8.81. The smallest absolute Gasteiger partial charge is 0.154 e. The lowest BCUT2D eigenvalue weighted by molar-refractivity contribution is -0.245. The number of allylic oxidation sites excluding steroid dienone is 2. The lowest BCUT2D eigenvalue weighted by Gasteiger charge is -2.53. The van der Waals surface area contributed by atoms with Gasteiger partial charge >= 0.3 is 0 Å². The number of nitrogens with zero attached hydrogens (tertiary/aromatic N) is 2. The molecule has 0 spiro atoms. The number of ether oxygens (including phenoxy) is 1. The minimum atomic E-state index is -0.916. The van der Waals surface area contributed by atoms with E-state index in [1.165, 1.54) is 0 Å². The lowest BCUT2D eigenvalue weighted by atomic mass is 9.73. The molecule has 37 heavy (non-hydrogen) atoms. The Morgan fingerprint density at radius 2 is 1.68 bits per heavy atom. The summed E-state index contributed by atoms with van der Waals surface area (Å²) in [5.74, 6) is -0.919. The van der Waals surface area contributed by atoms with Gasteiger partial charge in [0.1, 0.15) is 31.3 Å². The maximum atomic E-state index is 11.4. The van der Waals surface area contributed by atoms with Crippen molar-refractivity contribution in [1.29, 1.82) is 0 Å². The molecule has 212 valence electrons. The highest BCUT2D eigenvalue weighted by Crippen LogP contribution is 2.42. The number of aliphatic hydroxyl groups excluding tert-OH is 5. The third kappa shape index (κ3) is 7.45. The second-order valence-corrected chi connectivity index (χ2v) is 11.1. The van der Waals surface area contributed by atoms with E-state index in [9.17, 15) is 35.1 Å². The van der Waals surface area contributed by atoms with E-state index in [0.717, 1.165) is 25.4 Å². The average molecular weight is 527 g/mol. The molecule has 3 heterocycles. The van der Waals surface area contributed by atoms with Crippen LogP contribution in [0.25, 0.3) is 0 Å². The number of hydrogen-bond donors (Lipinski definition) is 5. The van der Waals surface area contributed by atoms with E-state index in [4.69, 9.17) is 4.74 Å². The molecule has 0 amide bonds. The summed E-state index contributed by atoms with van der Waals surface area (Å²) in [4.78, 5) is 25.2. The molecule has 3 aliphatic heterocycles. The van der Waals surface area contributed by atoms with Crippen LogP contribution in [0.4, 0.5) is 0 Å². The summed E-state index contributed by atoms with van der Waals surface area (Å²) in [6, 6.07) is -0.164. The fraction of sp³-hybridized carbons (Fsp3) is 0.852. The quantitative estimate of drug-likeness (QED) is 0.148. The van der Waals surface area contributed by atoms with Crippen LogP contribution in [-0.2, 0) is 14.3 Å². The molecule has 3 rings (SSSR count). The van der Waals surface area contributed by atoms with Crippen LogP contribution >= 0.6 is 0 Å². The van der Waals surface area contributed by atoms with E-state index in [-0.39, 0.29) is 29.9 Å². The van der Waals surface area contributed by atoms with E-state index in [0.29, 0.717) is 63.4 Å². The van der Waals surface area contributed by atoms with Gasteiger partial charge in [-0.2, -0.15) is 0 Å². The van der Waals surface area contributed by atoms with Gasteiger partial charge in [0.25, 0.3) is 0 Å². The molecular weight excluding hydrogens is 480 g/mol. The van der Waals surface area contributed by atoms with Crippen molar-refractivity contribution >= 4 is 12.6 Å². The molecule has 0 aromatic carbocycles. The van der Waals surface area contributed by atoms with Crippen molar-refractivity contribution in [2.75, 3.05) is 14.1 Å². The van der Waals surface area contributed by atoms with E-state index >= 15 is 0 Å². The Hall–Kier alpha value is -1.24. The van der Waals surface area contributed by atoms with Gasteiger partial charge in [-0.1, -0.05) is 6.08 Å². The first-order valence-corrected chi connectivity index (χ1v) is 13.8. The zero-order valence-electron chi connectivity index (χ0n) is 22.1. The maximum absolute atomic E-state index is 11.4. The second kappa shape index (κ2) is 14.2. The Morgan fingerprint density at radius 3 is 2.35 bits per heavy atom. The zero-order valence-corrected chi connectivity index (χ0v) is 22.1. The van der Waals surface area contributed by atoms with Crippen molar-refractivity contribution < 1.29 is 39.9 Å². The summed E-state index contributed by atoms with van der Waals surface area (Å²) < 4.78 is 5.75. The number of piperidine rings is 2. The van der Waals surface area contributed by atoms with Gasteiger partial charge in [-0.15, -0.1) is 0 Å². The molecule has 3 fully saturated rings. The summed E-state index contributed by atoms with van der Waals surface area (Å²) in [7, 11) is 3.47. The Balaban J connectivity index is 1.61. The Bertz CT molecular complexity index is 767. The lowest BCUT2D eigenvalue weighted by Crippen LogP contribution is -2.63. The monoisotopic (exact) mass is 526 g/mol. The molecule has 0 bridgehead atoms. The molecule has 5 N–H and O–H groups in total. The molecule has 10 unspecified atom stereocenters. The predicted octanol–water partition coefficient (Wildman–Crippen LogP) is 0.743. The van der Waals surface area contributed by atoms with Crippen LogP contribution in [0, 0.1) is 17.8 Å². The SMILES string of the molecule is CN1C(O)C(C2CCCC(O)O2)CC(C2CCC(C(O)CC/C(C=O)=C\CCCC=O)C(O)N2C)C1O. The van der Waals surface area contributed by atoms with Gasteiger partial charge in [0, 0.05) is 30.2 Å². The van der Waals surface area contributed by atoms with E-state index in [1.807, 2.05) is 11.0 Å². The van der Waals surface area contributed by atoms with Gasteiger partial charge in [-0.3, -0.25) is 14.6 Å². The van der Waals surface area contributed by atoms with E-state index in [1.54, 1.807) is 19.0 Å². The maximum Gasteiger partial charge on any atom is 0.154 e. The molecule has 0 aromatic heterocycles. The topological polar surface area (TPSA) is 151 Å². The second-order valence-electron chi connectivity index (χ2n) is 11.1. The summed E-state index contributed by atoms with van der Waals surface area (Å²) in [5, 5.41) is 53.9. The van der Waals surface area contributed by atoms with E-state index in [2.05, 4.69) is 0 Å². The van der Waals surface area contributed by atoms with E-state index < -0.39 is 31.1 Å². The van der Waals surface area contributed by atoms with Gasteiger partial charge in [0.05, 0.1) is 12.2 Å². The van der Waals surface area contributed by atoms with Gasteiger partial charge in [-0.05, 0) is 83.9 Å². The van der Waals surface area contributed by atoms with Crippen LogP contribution in [0.3, 0.4) is 0 Å². The standard InChI is InChI=1S/C27H46N2O8/c1-28-21(19-15-20(27(36)29(2)26(19)35)23-8-6-9-24(33)37-23)12-11-18(25(28)34)22(32)13-10-17(16-31)7-4-3-5-14-30/h7,14,16,18-27,32-36H,3-6,8-13,15H2,1-2H3/b17-7+. The first kappa shape index (κ1) is 30.3. The molecule has 0 aliphatic carbocycles. The summed E-state index contributed by atoms with van der Waals surface area (Å²) >= 11 is 0. The molecule has 10 heteroatoms. The fourth-order valence-corrected chi connectivity index (χ4v) is 6.51. The number of rotatable bonds is 11. The van der Waals surface area contributed by atoms with Gasteiger partial charge in [0.2, 0.25) is 0 Å². The number of carbonyl (C=O) groups is 2. The highest BCUT2D eigenvalue weighted by atomic mass is 16.6. The van der Waals surface area contributed by atoms with Crippen LogP contribution in [0.5, 0.6) is 0 Å². The van der Waals surface area contributed by atoms with Crippen molar-refractivity contribution in [1.82, 2.24) is 9.80 Å². The number of aldehydes is 2. The minimum absolute atomic E-state index is 0.164. The van der Waals surface area contributed by atoms with Crippen molar-refractivity contribution in [3.05, 3.63) is 11.6 Å². The molecular formula is C27H46N2O8. The summed E-state index contributed by atoms with van der Waals surface area (Å²) in [6.45, 7) is 0. The Kier molecular flexibility index (Phi) is 11.7. The molecule has 10 nitrogen and oxygen atoms in total. The van der Waals surface area contributed by atoms with Crippen LogP contribution < -0.4 is 0 Å². The van der Waals surface area contributed by atoms with Crippen LogP contribution in [0.15, 0.2) is 11.6 Å². The molecule has 0 saturated carbocycles. The van der Waals surface area contributed by atoms with Crippen molar-refractivity contribution in [2.24, 2.45) is 17.8 Å². The number of unbranched alkanes of at least 4 members (excludes halogenated alkanes) is 2. The number of likely N-dealkylation sites (tertiary alicyclic amines) is 2. The number of hydrogen-bond acceptors (Lipinski definition) is 10.